The number of hydrogen-bond acceptors (Lipinski definition) is 5. The number of hydrogen-bond donors (Lipinski definition) is 0. The van der Waals surface area contributed by atoms with Crippen LogP contribution in [0.1, 0.15) is 23.0 Å². The van der Waals surface area contributed by atoms with Crippen LogP contribution in [0.4, 0.5) is 0 Å². The summed E-state index contributed by atoms with van der Waals surface area (Å²) in [5.41, 5.74) is 4.65. The molecule has 4 heterocycles. The van der Waals surface area contributed by atoms with Crippen molar-refractivity contribution < 1.29 is 0 Å². The van der Waals surface area contributed by atoms with E-state index in [9.17, 15) is 0 Å². The van der Waals surface area contributed by atoms with Crippen LogP contribution >= 0.6 is 0 Å². The van der Waals surface area contributed by atoms with Gasteiger partial charge in [-0.1, -0.05) is 0 Å². The SMILES string of the molecule is Cc1ncc(C)n2nc(CCc3nc(-c4cccnc4)cn3C)nc12. The zero-order chi connectivity index (χ0) is 17.4. The van der Waals surface area contributed by atoms with Gasteiger partial charge in [-0.25, -0.2) is 14.5 Å². The Morgan fingerprint density at radius 2 is 1.96 bits per heavy atom. The van der Waals surface area contributed by atoms with E-state index in [4.69, 9.17) is 4.98 Å². The minimum absolute atomic E-state index is 0.734. The fraction of sp³-hybridized carbons (Fsp3) is 0.278. The highest BCUT2D eigenvalue weighted by Gasteiger charge is 2.12. The lowest BCUT2D eigenvalue weighted by Gasteiger charge is -1.98. The second-order valence-corrected chi connectivity index (χ2v) is 6.14. The topological polar surface area (TPSA) is 73.8 Å². The minimum Gasteiger partial charge on any atom is -0.337 e. The van der Waals surface area contributed by atoms with Crippen LogP contribution in [0.3, 0.4) is 0 Å². The van der Waals surface area contributed by atoms with Gasteiger partial charge in [-0.05, 0) is 26.0 Å². The van der Waals surface area contributed by atoms with E-state index in [0.717, 1.165) is 52.8 Å². The van der Waals surface area contributed by atoms with Gasteiger partial charge in [-0.15, -0.1) is 0 Å². The molecule has 0 saturated carbocycles. The van der Waals surface area contributed by atoms with Gasteiger partial charge in [-0.2, -0.15) is 5.10 Å². The molecule has 0 bridgehead atoms. The molecule has 4 aromatic rings. The van der Waals surface area contributed by atoms with Crippen LogP contribution in [0.15, 0.2) is 36.9 Å². The summed E-state index contributed by atoms with van der Waals surface area (Å²) in [6.07, 6.45) is 8.95. The summed E-state index contributed by atoms with van der Waals surface area (Å²) in [5, 5.41) is 4.60. The molecule has 0 unspecified atom stereocenters. The molecule has 0 N–H and O–H groups in total. The van der Waals surface area contributed by atoms with Crippen LogP contribution in [0.25, 0.3) is 16.9 Å². The number of rotatable bonds is 4. The van der Waals surface area contributed by atoms with E-state index in [1.165, 1.54) is 0 Å². The molecule has 7 nitrogen and oxygen atoms in total. The maximum atomic E-state index is 4.73. The Morgan fingerprint density at radius 3 is 2.72 bits per heavy atom. The molecule has 0 saturated heterocycles. The summed E-state index contributed by atoms with van der Waals surface area (Å²) >= 11 is 0. The van der Waals surface area contributed by atoms with Crippen molar-refractivity contribution in [2.75, 3.05) is 0 Å². The Morgan fingerprint density at radius 1 is 1.08 bits per heavy atom. The van der Waals surface area contributed by atoms with Crippen molar-refractivity contribution in [1.29, 1.82) is 0 Å². The molecule has 0 aromatic carbocycles. The molecule has 4 rings (SSSR count). The lowest BCUT2D eigenvalue weighted by atomic mass is 10.2. The Hall–Kier alpha value is -3.09. The van der Waals surface area contributed by atoms with E-state index in [1.807, 2.05) is 56.1 Å². The molecule has 0 aliphatic rings. The maximum absolute atomic E-state index is 4.73. The second-order valence-electron chi connectivity index (χ2n) is 6.14. The van der Waals surface area contributed by atoms with Crippen LogP contribution in [0.5, 0.6) is 0 Å². The summed E-state index contributed by atoms with van der Waals surface area (Å²) in [6, 6.07) is 3.93. The quantitative estimate of drug-likeness (QED) is 0.573. The number of fused-ring (bicyclic) bond motifs is 1. The van der Waals surface area contributed by atoms with Crippen LogP contribution in [-0.2, 0) is 19.9 Å². The van der Waals surface area contributed by atoms with Gasteiger partial charge >= 0.3 is 0 Å². The predicted molar refractivity (Wildman–Crippen MR) is 94.1 cm³/mol. The average Bonchev–Trinajstić information content (AvgIpc) is 3.22. The molecule has 7 heteroatoms. The predicted octanol–water partition coefficient (Wildman–Crippen LogP) is 2.32. The first-order chi connectivity index (χ1) is 12.1. The van der Waals surface area contributed by atoms with Gasteiger partial charge in [0.05, 0.1) is 17.1 Å². The lowest BCUT2D eigenvalue weighted by Crippen LogP contribution is -2.01. The van der Waals surface area contributed by atoms with Gasteiger partial charge in [-0.3, -0.25) is 9.97 Å². The Bertz CT molecular complexity index is 991. The van der Waals surface area contributed by atoms with Crippen molar-refractivity contribution in [3.63, 3.8) is 0 Å². The average molecular weight is 333 g/mol. The summed E-state index contributed by atoms with van der Waals surface area (Å²) in [6.45, 7) is 3.93. The van der Waals surface area contributed by atoms with Crippen molar-refractivity contribution in [3.8, 4) is 11.3 Å². The Labute approximate surface area is 145 Å². The van der Waals surface area contributed by atoms with Gasteiger partial charge in [0.25, 0.3) is 0 Å². The van der Waals surface area contributed by atoms with E-state index >= 15 is 0 Å². The second kappa shape index (κ2) is 6.08. The molecule has 4 aromatic heterocycles. The van der Waals surface area contributed by atoms with Crippen LogP contribution in [0.2, 0.25) is 0 Å². The fourth-order valence-corrected chi connectivity index (χ4v) is 2.86. The summed E-state index contributed by atoms with van der Waals surface area (Å²) in [5.74, 6) is 1.81. The minimum atomic E-state index is 0.734. The molecule has 0 aliphatic carbocycles. The normalized spacial score (nSPS) is 11.3. The highest BCUT2D eigenvalue weighted by Crippen LogP contribution is 2.17. The van der Waals surface area contributed by atoms with Crippen LogP contribution < -0.4 is 0 Å². The fourth-order valence-electron chi connectivity index (χ4n) is 2.86. The number of aromatic nitrogens is 7. The molecule has 0 radical (unpaired) electrons. The third kappa shape index (κ3) is 2.88. The van der Waals surface area contributed by atoms with E-state index in [-0.39, 0.29) is 0 Å². The van der Waals surface area contributed by atoms with E-state index in [2.05, 4.69) is 24.6 Å². The maximum Gasteiger partial charge on any atom is 0.177 e. The van der Waals surface area contributed by atoms with Gasteiger partial charge in [0, 0.05) is 50.2 Å². The molecule has 25 heavy (non-hydrogen) atoms. The lowest BCUT2D eigenvalue weighted by molar-refractivity contribution is 0.742. The first-order valence-corrected chi connectivity index (χ1v) is 8.22. The number of aryl methyl sites for hydroxylation is 5. The monoisotopic (exact) mass is 333 g/mol. The highest BCUT2D eigenvalue weighted by molar-refractivity contribution is 5.57. The van der Waals surface area contributed by atoms with Crippen molar-refractivity contribution in [2.45, 2.75) is 26.7 Å². The van der Waals surface area contributed by atoms with Crippen molar-refractivity contribution >= 4 is 5.65 Å². The van der Waals surface area contributed by atoms with Gasteiger partial charge in [0.1, 0.15) is 5.82 Å². The van der Waals surface area contributed by atoms with Gasteiger partial charge < -0.3 is 4.57 Å². The number of nitrogens with zero attached hydrogens (tertiary/aromatic N) is 7. The zero-order valence-corrected chi connectivity index (χ0v) is 14.5. The van der Waals surface area contributed by atoms with Crippen molar-refractivity contribution in [1.82, 2.24) is 34.1 Å². The summed E-state index contributed by atoms with van der Waals surface area (Å²) in [7, 11) is 2.01. The molecule has 0 aliphatic heterocycles. The molecule has 0 fully saturated rings. The molecule has 126 valence electrons. The standard InChI is InChI=1S/C18H19N7/c1-12-9-20-13(2)18-22-16(23-25(12)18)6-7-17-21-15(11-24(17)3)14-5-4-8-19-10-14/h4-5,8-11H,6-7H2,1-3H3. The van der Waals surface area contributed by atoms with E-state index < -0.39 is 0 Å². The van der Waals surface area contributed by atoms with Gasteiger partial charge in [0.2, 0.25) is 0 Å². The molecule has 0 atom stereocenters. The zero-order valence-electron chi connectivity index (χ0n) is 14.5. The van der Waals surface area contributed by atoms with Crippen molar-refractivity contribution in [3.05, 3.63) is 60.0 Å². The summed E-state index contributed by atoms with van der Waals surface area (Å²) < 4.78 is 3.91. The van der Waals surface area contributed by atoms with Crippen LogP contribution in [0, 0.1) is 13.8 Å². The first-order valence-electron chi connectivity index (χ1n) is 8.22. The molecular weight excluding hydrogens is 314 g/mol. The Kier molecular flexibility index (Phi) is 3.76. The highest BCUT2D eigenvalue weighted by atomic mass is 15.3. The van der Waals surface area contributed by atoms with Crippen LogP contribution in [-0.4, -0.2) is 34.1 Å². The number of pyridine rings is 1. The first kappa shape index (κ1) is 15.4. The van der Waals surface area contributed by atoms with Crippen molar-refractivity contribution in [2.24, 2.45) is 7.05 Å². The van der Waals surface area contributed by atoms with E-state index in [0.29, 0.717) is 0 Å². The summed E-state index contributed by atoms with van der Waals surface area (Å²) in [4.78, 5) is 17.9. The third-order valence-corrected chi connectivity index (χ3v) is 4.26. The molecule has 0 amide bonds. The molecule has 0 spiro atoms. The van der Waals surface area contributed by atoms with Gasteiger partial charge in [0.15, 0.2) is 11.5 Å². The third-order valence-electron chi connectivity index (χ3n) is 4.26. The smallest absolute Gasteiger partial charge is 0.177 e. The Balaban J connectivity index is 1.57. The molecular formula is C18H19N7. The number of imidazole rings is 1. The largest absolute Gasteiger partial charge is 0.337 e. The van der Waals surface area contributed by atoms with E-state index in [1.54, 1.807) is 6.20 Å².